The van der Waals surface area contributed by atoms with Crippen LogP contribution >= 0.6 is 0 Å². The van der Waals surface area contributed by atoms with Gasteiger partial charge in [-0.25, -0.2) is 0 Å². The van der Waals surface area contributed by atoms with Gasteiger partial charge in [-0.05, 0) is 55.0 Å². The Bertz CT molecular complexity index is 518. The van der Waals surface area contributed by atoms with Crippen LogP contribution in [0.15, 0.2) is 36.4 Å². The number of benzene rings is 2. The first-order valence-electron chi connectivity index (χ1n) is 6.29. The highest BCUT2D eigenvalue weighted by Crippen LogP contribution is 2.28. The maximum absolute atomic E-state index is 2.24. The van der Waals surface area contributed by atoms with Crippen molar-refractivity contribution in [1.82, 2.24) is 0 Å². The fraction of sp³-hybridized carbons (Fsp3) is 0.294. The van der Waals surface area contributed by atoms with Gasteiger partial charge in [0.2, 0.25) is 0 Å². The van der Waals surface area contributed by atoms with E-state index in [9.17, 15) is 0 Å². The molecule has 0 fully saturated rings. The van der Waals surface area contributed by atoms with E-state index in [1.165, 1.54) is 33.4 Å². The van der Waals surface area contributed by atoms with Gasteiger partial charge in [-0.15, -0.1) is 0 Å². The molecule has 88 valence electrons. The van der Waals surface area contributed by atoms with Crippen LogP contribution in [0.3, 0.4) is 0 Å². The molecule has 0 aliphatic heterocycles. The molecule has 0 heteroatoms. The maximum atomic E-state index is 2.24. The molecule has 0 radical (unpaired) electrons. The summed E-state index contributed by atoms with van der Waals surface area (Å²) in [6.07, 6.45) is 1.11. The third-order valence-electron chi connectivity index (χ3n) is 3.55. The first kappa shape index (κ1) is 11.9. The average Bonchev–Trinajstić information content (AvgIpc) is 2.31. The van der Waals surface area contributed by atoms with Gasteiger partial charge in [-0.3, -0.25) is 0 Å². The van der Waals surface area contributed by atoms with E-state index < -0.39 is 0 Å². The molecule has 0 atom stereocenters. The molecule has 0 saturated carbocycles. The highest BCUT2D eigenvalue weighted by molar-refractivity contribution is 5.69. The number of rotatable bonds is 2. The molecule has 17 heavy (non-hydrogen) atoms. The summed E-state index contributed by atoms with van der Waals surface area (Å²) in [5, 5.41) is 0. The summed E-state index contributed by atoms with van der Waals surface area (Å²) in [6, 6.07) is 13.3. The molecule has 0 aromatic heterocycles. The minimum Gasteiger partial charge on any atom is -0.0613 e. The van der Waals surface area contributed by atoms with Gasteiger partial charge in [-0.1, -0.05) is 48.9 Å². The van der Waals surface area contributed by atoms with E-state index >= 15 is 0 Å². The van der Waals surface area contributed by atoms with E-state index in [0.717, 1.165) is 6.42 Å². The molecule has 0 unspecified atom stereocenters. The van der Waals surface area contributed by atoms with Crippen LogP contribution < -0.4 is 0 Å². The van der Waals surface area contributed by atoms with E-state index in [1.54, 1.807) is 0 Å². The van der Waals surface area contributed by atoms with Crippen molar-refractivity contribution in [2.45, 2.75) is 34.1 Å². The second kappa shape index (κ2) is 4.75. The van der Waals surface area contributed by atoms with Crippen LogP contribution in [0.25, 0.3) is 11.1 Å². The molecule has 2 aromatic carbocycles. The monoisotopic (exact) mass is 224 g/mol. The molecule has 0 amide bonds. The van der Waals surface area contributed by atoms with Crippen molar-refractivity contribution >= 4 is 0 Å². The summed E-state index contributed by atoms with van der Waals surface area (Å²) < 4.78 is 0. The second-order valence-corrected chi connectivity index (χ2v) is 4.75. The third kappa shape index (κ3) is 2.26. The van der Waals surface area contributed by atoms with Gasteiger partial charge >= 0.3 is 0 Å². The third-order valence-corrected chi connectivity index (χ3v) is 3.55. The Hall–Kier alpha value is -1.56. The van der Waals surface area contributed by atoms with E-state index in [1.807, 2.05) is 0 Å². The van der Waals surface area contributed by atoms with Crippen LogP contribution in [0, 0.1) is 20.8 Å². The Balaban J connectivity index is 2.56. The minimum atomic E-state index is 1.11. The Morgan fingerprint density at radius 1 is 0.824 bits per heavy atom. The summed E-state index contributed by atoms with van der Waals surface area (Å²) in [6.45, 7) is 8.79. The summed E-state index contributed by atoms with van der Waals surface area (Å²) in [7, 11) is 0. The quantitative estimate of drug-likeness (QED) is 0.684. The van der Waals surface area contributed by atoms with Crippen LogP contribution in [0.2, 0.25) is 0 Å². The fourth-order valence-electron chi connectivity index (χ4n) is 2.48. The highest BCUT2D eigenvalue weighted by atomic mass is 14.1. The lowest BCUT2D eigenvalue weighted by Gasteiger charge is -2.13. The first-order chi connectivity index (χ1) is 8.13. The smallest absolute Gasteiger partial charge is 0.0152 e. The Labute approximate surface area is 104 Å². The predicted octanol–water partition coefficient (Wildman–Crippen LogP) is 4.84. The van der Waals surface area contributed by atoms with Gasteiger partial charge < -0.3 is 0 Å². The van der Waals surface area contributed by atoms with Gasteiger partial charge in [0.1, 0.15) is 0 Å². The van der Waals surface area contributed by atoms with Crippen molar-refractivity contribution in [3.63, 3.8) is 0 Å². The fourth-order valence-corrected chi connectivity index (χ4v) is 2.48. The lowest BCUT2D eigenvalue weighted by molar-refractivity contribution is 1.08. The predicted molar refractivity (Wildman–Crippen MR) is 75.5 cm³/mol. The van der Waals surface area contributed by atoms with Crippen molar-refractivity contribution in [3.05, 3.63) is 58.7 Å². The highest BCUT2D eigenvalue weighted by Gasteiger charge is 2.07. The second-order valence-electron chi connectivity index (χ2n) is 4.75. The van der Waals surface area contributed by atoms with E-state index in [2.05, 4.69) is 64.1 Å². The molecule has 2 rings (SSSR count). The van der Waals surface area contributed by atoms with Crippen LogP contribution in [0.1, 0.15) is 29.2 Å². The van der Waals surface area contributed by atoms with Crippen molar-refractivity contribution in [2.75, 3.05) is 0 Å². The molecule has 0 heterocycles. The lowest BCUT2D eigenvalue weighted by Crippen LogP contribution is -1.94. The summed E-state index contributed by atoms with van der Waals surface area (Å²) in [5.41, 5.74) is 8.32. The average molecular weight is 224 g/mol. The van der Waals surface area contributed by atoms with Gasteiger partial charge in [0.05, 0.1) is 0 Å². The van der Waals surface area contributed by atoms with Gasteiger partial charge in [0.25, 0.3) is 0 Å². The van der Waals surface area contributed by atoms with Crippen LogP contribution in [0.4, 0.5) is 0 Å². The number of hydrogen-bond acceptors (Lipinski definition) is 0. The Morgan fingerprint density at radius 2 is 1.47 bits per heavy atom. The number of aryl methyl sites for hydroxylation is 2. The van der Waals surface area contributed by atoms with Crippen molar-refractivity contribution in [3.8, 4) is 11.1 Å². The summed E-state index contributed by atoms with van der Waals surface area (Å²) >= 11 is 0. The van der Waals surface area contributed by atoms with Crippen molar-refractivity contribution in [1.29, 1.82) is 0 Å². The van der Waals surface area contributed by atoms with Crippen molar-refractivity contribution < 1.29 is 0 Å². The summed E-state index contributed by atoms with van der Waals surface area (Å²) in [5.74, 6) is 0. The SMILES string of the molecule is CCc1c(C)ccc(-c2ccc(C)cc2)c1C. The normalized spacial score (nSPS) is 10.6. The van der Waals surface area contributed by atoms with E-state index in [4.69, 9.17) is 0 Å². The Kier molecular flexibility index (Phi) is 3.33. The molecule has 0 saturated heterocycles. The Morgan fingerprint density at radius 3 is 2.06 bits per heavy atom. The molecule has 0 aliphatic carbocycles. The van der Waals surface area contributed by atoms with Crippen LogP contribution in [-0.2, 0) is 6.42 Å². The molecule has 0 aliphatic rings. The molecule has 2 aromatic rings. The first-order valence-corrected chi connectivity index (χ1v) is 6.29. The standard InChI is InChI=1S/C17H20/c1-5-16-13(3)8-11-17(14(16)4)15-9-6-12(2)7-10-15/h6-11H,5H2,1-4H3. The molecular weight excluding hydrogens is 204 g/mol. The lowest BCUT2D eigenvalue weighted by atomic mass is 9.92. The molecule has 0 bridgehead atoms. The van der Waals surface area contributed by atoms with E-state index in [0.29, 0.717) is 0 Å². The largest absolute Gasteiger partial charge is 0.0613 e. The zero-order valence-electron chi connectivity index (χ0n) is 11.2. The zero-order valence-corrected chi connectivity index (χ0v) is 11.2. The summed E-state index contributed by atoms with van der Waals surface area (Å²) in [4.78, 5) is 0. The zero-order chi connectivity index (χ0) is 12.4. The van der Waals surface area contributed by atoms with Gasteiger partial charge in [0.15, 0.2) is 0 Å². The maximum Gasteiger partial charge on any atom is -0.0152 e. The molecule has 0 nitrogen and oxygen atoms in total. The van der Waals surface area contributed by atoms with E-state index in [-0.39, 0.29) is 0 Å². The van der Waals surface area contributed by atoms with Gasteiger partial charge in [-0.2, -0.15) is 0 Å². The van der Waals surface area contributed by atoms with Crippen molar-refractivity contribution in [2.24, 2.45) is 0 Å². The topological polar surface area (TPSA) is 0 Å². The van der Waals surface area contributed by atoms with Crippen LogP contribution in [-0.4, -0.2) is 0 Å². The number of hydrogen-bond donors (Lipinski definition) is 0. The molecular formula is C17H20. The molecule has 0 spiro atoms. The minimum absolute atomic E-state index is 1.11. The van der Waals surface area contributed by atoms with Crippen LogP contribution in [0.5, 0.6) is 0 Å². The molecule has 0 N–H and O–H groups in total. The van der Waals surface area contributed by atoms with Gasteiger partial charge in [0, 0.05) is 0 Å².